The van der Waals surface area contributed by atoms with Crippen LogP contribution in [0.2, 0.25) is 5.02 Å². The van der Waals surface area contributed by atoms with Gasteiger partial charge < -0.3 is 10.4 Å². The van der Waals surface area contributed by atoms with Crippen molar-refractivity contribution in [3.05, 3.63) is 70.7 Å². The van der Waals surface area contributed by atoms with Crippen LogP contribution >= 0.6 is 11.6 Å². The van der Waals surface area contributed by atoms with Gasteiger partial charge in [0.05, 0.1) is 6.54 Å². The van der Waals surface area contributed by atoms with Crippen molar-refractivity contribution in [2.75, 3.05) is 6.54 Å². The zero-order valence-electron chi connectivity index (χ0n) is 12.1. The lowest BCUT2D eigenvalue weighted by atomic mass is 9.88. The van der Waals surface area contributed by atoms with Crippen LogP contribution in [0.25, 0.3) is 0 Å². The van der Waals surface area contributed by atoms with Crippen LogP contribution < -0.4 is 5.32 Å². The molecule has 0 spiro atoms. The fourth-order valence-electron chi connectivity index (χ4n) is 2.69. The van der Waals surface area contributed by atoms with E-state index in [1.807, 2.05) is 30.3 Å². The summed E-state index contributed by atoms with van der Waals surface area (Å²) in [5.74, 6) is 0.00657. The highest BCUT2D eigenvalue weighted by Gasteiger charge is 2.45. The van der Waals surface area contributed by atoms with Gasteiger partial charge in [-0.3, -0.25) is 4.79 Å². The molecule has 0 bridgehead atoms. The minimum absolute atomic E-state index is 0.202. The molecular weight excluding hydrogens is 298 g/mol. The fourth-order valence-corrected chi connectivity index (χ4v) is 2.81. The van der Waals surface area contributed by atoms with E-state index in [9.17, 15) is 9.90 Å². The highest BCUT2D eigenvalue weighted by atomic mass is 35.5. The van der Waals surface area contributed by atoms with Crippen LogP contribution in [0.3, 0.4) is 0 Å². The zero-order valence-corrected chi connectivity index (χ0v) is 12.9. The quantitative estimate of drug-likeness (QED) is 0.888. The first-order valence-corrected chi connectivity index (χ1v) is 7.79. The third-order valence-corrected chi connectivity index (χ3v) is 4.40. The van der Waals surface area contributed by atoms with Crippen LogP contribution in [0.15, 0.2) is 54.6 Å². The maximum absolute atomic E-state index is 12.2. The first-order chi connectivity index (χ1) is 10.6. The van der Waals surface area contributed by atoms with Crippen LogP contribution in [0, 0.1) is 5.92 Å². The maximum Gasteiger partial charge on any atom is 0.251 e. The van der Waals surface area contributed by atoms with Crippen LogP contribution in [-0.4, -0.2) is 17.6 Å². The van der Waals surface area contributed by atoms with Gasteiger partial charge in [0.25, 0.3) is 5.91 Å². The normalized spacial score (nSPS) is 16.8. The molecule has 1 unspecified atom stereocenters. The first-order valence-electron chi connectivity index (χ1n) is 7.41. The summed E-state index contributed by atoms with van der Waals surface area (Å²) in [4.78, 5) is 12.2. The van der Waals surface area contributed by atoms with Crippen molar-refractivity contribution < 1.29 is 9.90 Å². The molecule has 4 heteroatoms. The molecule has 2 aromatic rings. The van der Waals surface area contributed by atoms with E-state index < -0.39 is 5.60 Å². The standard InChI is InChI=1S/C18H18ClNO2/c19-16-10-6-13(7-11-16)17(21)20-12-18(22,15-8-9-15)14-4-2-1-3-5-14/h1-7,10-11,15,22H,8-9,12H2,(H,20,21). The van der Waals surface area contributed by atoms with E-state index in [4.69, 9.17) is 11.6 Å². The number of halogens is 1. The number of aliphatic hydroxyl groups is 1. The Hall–Kier alpha value is -1.84. The molecule has 2 aromatic carbocycles. The lowest BCUT2D eigenvalue weighted by molar-refractivity contribution is 0.0135. The summed E-state index contributed by atoms with van der Waals surface area (Å²) in [5, 5.41) is 14.5. The van der Waals surface area contributed by atoms with Crippen LogP contribution in [-0.2, 0) is 5.60 Å². The van der Waals surface area contributed by atoms with Crippen LogP contribution in [0.5, 0.6) is 0 Å². The van der Waals surface area contributed by atoms with Crippen molar-refractivity contribution in [1.29, 1.82) is 0 Å². The number of nitrogens with one attached hydrogen (secondary N) is 1. The van der Waals surface area contributed by atoms with Crippen molar-refractivity contribution >= 4 is 17.5 Å². The summed E-state index contributed by atoms with van der Waals surface area (Å²) in [7, 11) is 0. The van der Waals surface area contributed by atoms with E-state index in [1.54, 1.807) is 24.3 Å². The Morgan fingerprint density at radius 1 is 1.14 bits per heavy atom. The van der Waals surface area contributed by atoms with Gasteiger partial charge in [-0.2, -0.15) is 0 Å². The Balaban J connectivity index is 1.72. The molecule has 0 radical (unpaired) electrons. The minimum atomic E-state index is -0.997. The van der Waals surface area contributed by atoms with Gasteiger partial charge in [-0.25, -0.2) is 0 Å². The van der Waals surface area contributed by atoms with Gasteiger partial charge >= 0.3 is 0 Å². The predicted octanol–water partition coefficient (Wildman–Crippen LogP) is 3.37. The maximum atomic E-state index is 12.2. The molecule has 2 N–H and O–H groups in total. The Morgan fingerprint density at radius 3 is 2.36 bits per heavy atom. The third kappa shape index (κ3) is 3.16. The molecule has 0 aliphatic heterocycles. The van der Waals surface area contributed by atoms with Gasteiger partial charge in [-0.15, -0.1) is 0 Å². The second kappa shape index (κ2) is 6.11. The molecule has 1 amide bonds. The van der Waals surface area contributed by atoms with Gasteiger partial charge in [-0.05, 0) is 48.6 Å². The molecule has 1 atom stereocenters. The molecule has 22 heavy (non-hydrogen) atoms. The Morgan fingerprint density at radius 2 is 1.77 bits per heavy atom. The van der Waals surface area contributed by atoms with E-state index in [2.05, 4.69) is 5.32 Å². The molecule has 3 nitrogen and oxygen atoms in total. The van der Waals surface area contributed by atoms with E-state index >= 15 is 0 Å². The van der Waals surface area contributed by atoms with E-state index in [-0.39, 0.29) is 18.4 Å². The van der Waals surface area contributed by atoms with Gasteiger partial charge in [0.2, 0.25) is 0 Å². The summed E-state index contributed by atoms with van der Waals surface area (Å²) in [6.07, 6.45) is 1.98. The van der Waals surface area contributed by atoms with E-state index in [0.717, 1.165) is 18.4 Å². The van der Waals surface area contributed by atoms with Gasteiger partial charge in [-0.1, -0.05) is 41.9 Å². The minimum Gasteiger partial charge on any atom is -0.383 e. The molecule has 1 aliphatic carbocycles. The van der Waals surface area contributed by atoms with Crippen LogP contribution in [0.1, 0.15) is 28.8 Å². The second-order valence-corrected chi connectivity index (χ2v) is 6.19. The fraction of sp³-hybridized carbons (Fsp3) is 0.278. The van der Waals surface area contributed by atoms with Crippen molar-refractivity contribution in [3.63, 3.8) is 0 Å². The van der Waals surface area contributed by atoms with Gasteiger partial charge in [0, 0.05) is 10.6 Å². The van der Waals surface area contributed by atoms with Gasteiger partial charge in [0.1, 0.15) is 5.60 Å². The number of hydrogen-bond acceptors (Lipinski definition) is 2. The highest BCUT2D eigenvalue weighted by molar-refractivity contribution is 6.30. The molecule has 0 saturated heterocycles. The summed E-state index contributed by atoms with van der Waals surface area (Å²) >= 11 is 5.82. The summed E-state index contributed by atoms with van der Waals surface area (Å²) in [5.41, 5.74) is 0.396. The van der Waals surface area contributed by atoms with Crippen molar-refractivity contribution in [2.45, 2.75) is 18.4 Å². The molecular formula is C18H18ClNO2. The Labute approximate surface area is 134 Å². The van der Waals surface area contributed by atoms with Crippen molar-refractivity contribution in [2.24, 2.45) is 5.92 Å². The van der Waals surface area contributed by atoms with Crippen molar-refractivity contribution in [3.8, 4) is 0 Å². The molecule has 0 heterocycles. The molecule has 1 saturated carbocycles. The average molecular weight is 316 g/mol. The molecule has 1 fully saturated rings. The molecule has 1 aliphatic rings. The Bertz CT molecular complexity index is 653. The highest BCUT2D eigenvalue weighted by Crippen LogP contribution is 2.45. The van der Waals surface area contributed by atoms with Gasteiger partial charge in [0.15, 0.2) is 0 Å². The summed E-state index contributed by atoms with van der Waals surface area (Å²) < 4.78 is 0. The van der Waals surface area contributed by atoms with Crippen molar-refractivity contribution in [1.82, 2.24) is 5.32 Å². The number of hydrogen-bond donors (Lipinski definition) is 2. The predicted molar refractivity (Wildman–Crippen MR) is 86.8 cm³/mol. The smallest absolute Gasteiger partial charge is 0.251 e. The number of carbonyl (C=O) groups is 1. The molecule has 0 aromatic heterocycles. The number of amides is 1. The Kier molecular flexibility index (Phi) is 4.19. The largest absolute Gasteiger partial charge is 0.383 e. The summed E-state index contributed by atoms with van der Waals surface area (Å²) in [6.45, 7) is 0.211. The first kappa shape index (κ1) is 15.1. The van der Waals surface area contributed by atoms with E-state index in [0.29, 0.717) is 10.6 Å². The topological polar surface area (TPSA) is 49.3 Å². The molecule has 114 valence electrons. The molecule has 3 rings (SSSR count). The number of carbonyl (C=O) groups excluding carboxylic acids is 1. The van der Waals surface area contributed by atoms with Crippen LogP contribution in [0.4, 0.5) is 0 Å². The average Bonchev–Trinajstić information content (AvgIpc) is 3.39. The number of rotatable bonds is 5. The van der Waals surface area contributed by atoms with E-state index in [1.165, 1.54) is 0 Å². The SMILES string of the molecule is O=C(NCC(O)(c1ccccc1)C1CC1)c1ccc(Cl)cc1. The third-order valence-electron chi connectivity index (χ3n) is 4.15. The lowest BCUT2D eigenvalue weighted by Gasteiger charge is -2.29. The lowest BCUT2D eigenvalue weighted by Crippen LogP contribution is -2.42. The summed E-state index contributed by atoms with van der Waals surface area (Å²) in [6, 6.07) is 16.3. The number of benzene rings is 2. The second-order valence-electron chi connectivity index (χ2n) is 5.75. The monoisotopic (exact) mass is 315 g/mol. The zero-order chi connectivity index (χ0) is 15.6.